The molecule has 19 heavy (non-hydrogen) atoms. The van der Waals surface area contributed by atoms with Crippen LogP contribution in [-0.2, 0) is 5.88 Å². The molecule has 1 aromatic carbocycles. The van der Waals surface area contributed by atoms with Crippen LogP contribution in [0, 0.1) is 12.8 Å². The second kappa shape index (κ2) is 5.96. The molecule has 0 bridgehead atoms. The number of fused-ring (bicyclic) bond motifs is 1. The molecule has 0 saturated heterocycles. The highest BCUT2D eigenvalue weighted by molar-refractivity contribution is 6.16. The Bertz CT molecular complexity index is 557. The fourth-order valence-corrected chi connectivity index (χ4v) is 2.74. The van der Waals surface area contributed by atoms with Crippen LogP contribution < -0.4 is 0 Å². The molecule has 2 rings (SSSR count). The number of aromatic nitrogens is 2. The minimum absolute atomic E-state index is 0.448. The van der Waals surface area contributed by atoms with Gasteiger partial charge >= 0.3 is 0 Å². The van der Waals surface area contributed by atoms with E-state index in [0.717, 1.165) is 17.3 Å². The number of rotatable bonds is 5. The van der Waals surface area contributed by atoms with Crippen LogP contribution in [0.2, 0.25) is 0 Å². The Morgan fingerprint density at radius 2 is 1.95 bits per heavy atom. The predicted molar refractivity (Wildman–Crippen MR) is 82.8 cm³/mol. The van der Waals surface area contributed by atoms with Crippen LogP contribution in [0.3, 0.4) is 0 Å². The average molecular weight is 279 g/mol. The molecule has 0 fully saturated rings. The van der Waals surface area contributed by atoms with Crippen molar-refractivity contribution in [2.75, 3.05) is 0 Å². The molecule has 0 saturated carbocycles. The molecule has 0 aliphatic carbocycles. The third-order valence-corrected chi connectivity index (χ3v) is 3.88. The van der Waals surface area contributed by atoms with E-state index in [-0.39, 0.29) is 0 Å². The number of hydrogen-bond acceptors (Lipinski definition) is 1. The number of aryl methyl sites for hydroxylation is 1. The minimum atomic E-state index is 0.448. The molecule has 0 N–H and O–H groups in total. The monoisotopic (exact) mass is 278 g/mol. The second-order valence-electron chi connectivity index (χ2n) is 5.84. The maximum atomic E-state index is 6.07. The van der Waals surface area contributed by atoms with Crippen LogP contribution >= 0.6 is 11.6 Å². The van der Waals surface area contributed by atoms with E-state index in [9.17, 15) is 0 Å². The molecule has 1 heterocycles. The first-order valence-electron chi connectivity index (χ1n) is 7.06. The summed E-state index contributed by atoms with van der Waals surface area (Å²) in [7, 11) is 0. The Hall–Kier alpha value is -1.02. The Balaban J connectivity index is 2.39. The highest BCUT2D eigenvalue weighted by atomic mass is 35.5. The van der Waals surface area contributed by atoms with Crippen molar-refractivity contribution >= 4 is 22.6 Å². The van der Waals surface area contributed by atoms with Crippen molar-refractivity contribution in [1.82, 2.24) is 9.55 Å². The number of alkyl halides is 1. The van der Waals surface area contributed by atoms with Gasteiger partial charge in [-0.05, 0) is 50.3 Å². The van der Waals surface area contributed by atoms with Crippen LogP contribution in [-0.4, -0.2) is 9.55 Å². The molecule has 1 aromatic heterocycles. The smallest absolute Gasteiger partial charge is 0.125 e. The van der Waals surface area contributed by atoms with Crippen LogP contribution in [0.4, 0.5) is 0 Å². The van der Waals surface area contributed by atoms with Gasteiger partial charge in [0.2, 0.25) is 0 Å². The van der Waals surface area contributed by atoms with E-state index >= 15 is 0 Å². The van der Waals surface area contributed by atoms with Gasteiger partial charge in [-0.3, -0.25) is 0 Å². The fourth-order valence-electron chi connectivity index (χ4n) is 2.55. The van der Waals surface area contributed by atoms with Gasteiger partial charge in [0.1, 0.15) is 5.82 Å². The van der Waals surface area contributed by atoms with Gasteiger partial charge in [-0.25, -0.2) is 4.98 Å². The SMILES string of the molecule is Cc1ccc2c(c1)nc(CCl)n2C(C)CCC(C)C. The van der Waals surface area contributed by atoms with Crippen molar-refractivity contribution < 1.29 is 0 Å². The van der Waals surface area contributed by atoms with Crippen molar-refractivity contribution in [2.45, 2.75) is 52.5 Å². The summed E-state index contributed by atoms with van der Waals surface area (Å²) in [6.45, 7) is 8.90. The lowest BCUT2D eigenvalue weighted by Gasteiger charge is -2.18. The molecule has 104 valence electrons. The molecule has 2 aromatic rings. The van der Waals surface area contributed by atoms with Crippen LogP contribution in [0.25, 0.3) is 11.0 Å². The average Bonchev–Trinajstić information content (AvgIpc) is 2.73. The Labute approximate surface area is 120 Å². The summed E-state index contributed by atoms with van der Waals surface area (Å²) in [6.07, 6.45) is 2.40. The standard InChI is InChI=1S/C16H23ClN2/c1-11(2)5-7-13(4)19-15-8-6-12(3)9-14(15)18-16(19)10-17/h6,8-9,11,13H,5,7,10H2,1-4H3. The second-order valence-corrected chi connectivity index (χ2v) is 6.11. The van der Waals surface area contributed by atoms with Crippen molar-refractivity contribution in [3.63, 3.8) is 0 Å². The maximum absolute atomic E-state index is 6.07. The molecular weight excluding hydrogens is 256 g/mol. The van der Waals surface area contributed by atoms with Crippen LogP contribution in [0.15, 0.2) is 18.2 Å². The predicted octanol–water partition coefficient (Wildman–Crippen LogP) is 5.08. The lowest BCUT2D eigenvalue weighted by Crippen LogP contribution is -2.09. The summed E-state index contributed by atoms with van der Waals surface area (Å²) in [5.41, 5.74) is 3.51. The molecule has 2 nitrogen and oxygen atoms in total. The first-order chi connectivity index (χ1) is 9.02. The number of hydrogen-bond donors (Lipinski definition) is 0. The zero-order chi connectivity index (χ0) is 14.0. The summed E-state index contributed by atoms with van der Waals surface area (Å²) < 4.78 is 2.31. The molecule has 0 radical (unpaired) electrons. The third kappa shape index (κ3) is 3.11. The first kappa shape index (κ1) is 14.4. The van der Waals surface area contributed by atoms with E-state index in [4.69, 9.17) is 11.6 Å². The molecule has 0 spiro atoms. The first-order valence-corrected chi connectivity index (χ1v) is 7.59. The van der Waals surface area contributed by atoms with Crippen molar-refractivity contribution in [3.8, 4) is 0 Å². The van der Waals surface area contributed by atoms with E-state index < -0.39 is 0 Å². The highest BCUT2D eigenvalue weighted by Crippen LogP contribution is 2.26. The molecule has 3 heteroatoms. The number of nitrogens with zero attached hydrogens (tertiary/aromatic N) is 2. The van der Waals surface area contributed by atoms with Gasteiger partial charge in [0.15, 0.2) is 0 Å². The van der Waals surface area contributed by atoms with E-state index in [0.29, 0.717) is 11.9 Å². The zero-order valence-corrected chi connectivity index (χ0v) is 13.0. The zero-order valence-electron chi connectivity index (χ0n) is 12.3. The van der Waals surface area contributed by atoms with Gasteiger partial charge in [0.05, 0.1) is 16.9 Å². The van der Waals surface area contributed by atoms with E-state index in [1.165, 1.54) is 23.9 Å². The molecule has 0 aliphatic rings. The van der Waals surface area contributed by atoms with Gasteiger partial charge in [-0.1, -0.05) is 19.9 Å². The van der Waals surface area contributed by atoms with Gasteiger partial charge in [0.25, 0.3) is 0 Å². The molecule has 0 aliphatic heterocycles. The molecule has 0 amide bonds. The van der Waals surface area contributed by atoms with Gasteiger partial charge in [0, 0.05) is 6.04 Å². The summed E-state index contributed by atoms with van der Waals surface area (Å²) in [6, 6.07) is 6.90. The topological polar surface area (TPSA) is 17.8 Å². The third-order valence-electron chi connectivity index (χ3n) is 3.64. The van der Waals surface area contributed by atoms with Crippen LogP contribution in [0.5, 0.6) is 0 Å². The van der Waals surface area contributed by atoms with Crippen molar-refractivity contribution in [1.29, 1.82) is 0 Å². The lowest BCUT2D eigenvalue weighted by molar-refractivity contribution is 0.440. The summed E-state index contributed by atoms with van der Waals surface area (Å²) in [5.74, 6) is 2.19. The van der Waals surface area contributed by atoms with Crippen molar-refractivity contribution in [3.05, 3.63) is 29.6 Å². The Morgan fingerprint density at radius 3 is 2.58 bits per heavy atom. The summed E-state index contributed by atoms with van der Waals surface area (Å²) >= 11 is 6.07. The molecule has 1 unspecified atom stereocenters. The quantitative estimate of drug-likeness (QED) is 0.697. The molecular formula is C16H23ClN2. The van der Waals surface area contributed by atoms with Gasteiger partial charge < -0.3 is 4.57 Å². The molecule has 1 atom stereocenters. The minimum Gasteiger partial charge on any atom is -0.324 e. The lowest BCUT2D eigenvalue weighted by atomic mass is 10.0. The van der Waals surface area contributed by atoms with Gasteiger partial charge in [-0.15, -0.1) is 11.6 Å². The van der Waals surface area contributed by atoms with E-state index in [1.54, 1.807) is 0 Å². The van der Waals surface area contributed by atoms with Crippen LogP contribution in [0.1, 0.15) is 51.0 Å². The van der Waals surface area contributed by atoms with Crippen molar-refractivity contribution in [2.24, 2.45) is 5.92 Å². The number of imidazole rings is 1. The normalized spacial score (nSPS) is 13.4. The largest absolute Gasteiger partial charge is 0.324 e. The van der Waals surface area contributed by atoms with E-state index in [2.05, 4.69) is 55.4 Å². The summed E-state index contributed by atoms with van der Waals surface area (Å²) in [4.78, 5) is 4.67. The fraction of sp³-hybridized carbons (Fsp3) is 0.562. The maximum Gasteiger partial charge on any atom is 0.125 e. The van der Waals surface area contributed by atoms with Gasteiger partial charge in [-0.2, -0.15) is 0 Å². The summed E-state index contributed by atoms with van der Waals surface area (Å²) in [5, 5.41) is 0. The Morgan fingerprint density at radius 1 is 1.21 bits per heavy atom. The highest BCUT2D eigenvalue weighted by Gasteiger charge is 2.15. The number of benzene rings is 1. The Kier molecular flexibility index (Phi) is 4.51. The van der Waals surface area contributed by atoms with E-state index in [1.807, 2.05) is 0 Å². The number of halogens is 1.